The number of pyridine rings is 1. The molecule has 2 aliphatic rings. The molecule has 2 aromatic heterocycles. The van der Waals surface area contributed by atoms with Gasteiger partial charge in [0, 0.05) is 30.7 Å². The van der Waals surface area contributed by atoms with Gasteiger partial charge in [-0.2, -0.15) is 0 Å². The summed E-state index contributed by atoms with van der Waals surface area (Å²) in [7, 11) is 0. The van der Waals surface area contributed by atoms with E-state index in [9.17, 15) is 18.4 Å². The average Bonchev–Trinajstić information content (AvgIpc) is 3.59. The number of ether oxygens (including phenoxy) is 2. The third kappa shape index (κ3) is 5.26. The van der Waals surface area contributed by atoms with Gasteiger partial charge in [0.2, 0.25) is 0 Å². The van der Waals surface area contributed by atoms with Gasteiger partial charge in [-0.25, -0.2) is 8.78 Å². The standard InChI is InChI=1S/C30H29F2N3O4S/c31-19-11-13-24(23(32)17-19)33-27-22-12-14-25(36)35(20-7-2-1-3-8-20)30(22)40-28(27)29(37)34-15-6-9-21(34)18-39-26-10-4-5-16-38-26/h1-3,7-8,11-14,17,21,26,33H,4-6,9-10,15-16,18H2/t21-,26?/m1/s1. The molecule has 40 heavy (non-hydrogen) atoms. The van der Waals surface area contributed by atoms with Gasteiger partial charge in [-0.3, -0.25) is 14.2 Å². The second-order valence-electron chi connectivity index (χ2n) is 10.0. The molecule has 6 rings (SSSR count). The van der Waals surface area contributed by atoms with E-state index in [1.807, 2.05) is 30.3 Å². The Kier molecular flexibility index (Phi) is 7.64. The van der Waals surface area contributed by atoms with Gasteiger partial charge < -0.3 is 19.7 Å². The Labute approximate surface area is 233 Å². The molecule has 1 unspecified atom stereocenters. The Bertz CT molecular complexity index is 1580. The molecule has 2 fully saturated rings. The highest BCUT2D eigenvalue weighted by molar-refractivity contribution is 7.21. The van der Waals surface area contributed by atoms with Gasteiger partial charge in [-0.15, -0.1) is 11.3 Å². The van der Waals surface area contributed by atoms with Crippen LogP contribution in [0.4, 0.5) is 20.2 Å². The van der Waals surface area contributed by atoms with Crippen molar-refractivity contribution in [3.8, 4) is 5.69 Å². The minimum atomic E-state index is -0.783. The number of anilines is 2. The van der Waals surface area contributed by atoms with Crippen LogP contribution in [0.2, 0.25) is 0 Å². The number of benzene rings is 2. The monoisotopic (exact) mass is 565 g/mol. The number of likely N-dealkylation sites (tertiary alicyclic amines) is 1. The third-order valence-corrected chi connectivity index (χ3v) is 8.57. The molecule has 10 heteroatoms. The molecule has 0 saturated carbocycles. The number of amides is 1. The second kappa shape index (κ2) is 11.5. The summed E-state index contributed by atoms with van der Waals surface area (Å²) in [5.74, 6) is -1.71. The van der Waals surface area contributed by atoms with E-state index in [2.05, 4.69) is 5.32 Å². The highest BCUT2D eigenvalue weighted by Crippen LogP contribution is 2.40. The number of halogens is 2. The number of hydrogen-bond donors (Lipinski definition) is 1. The maximum absolute atomic E-state index is 14.7. The Hall–Kier alpha value is -3.60. The maximum Gasteiger partial charge on any atom is 0.266 e. The van der Waals surface area contributed by atoms with Crippen molar-refractivity contribution in [2.24, 2.45) is 0 Å². The van der Waals surface area contributed by atoms with Crippen LogP contribution in [0.5, 0.6) is 0 Å². The predicted octanol–water partition coefficient (Wildman–Crippen LogP) is 6.22. The van der Waals surface area contributed by atoms with Gasteiger partial charge in [0.05, 0.1) is 29.7 Å². The molecule has 208 valence electrons. The van der Waals surface area contributed by atoms with Crippen LogP contribution in [0.15, 0.2) is 65.5 Å². The van der Waals surface area contributed by atoms with Crippen LogP contribution in [-0.4, -0.2) is 47.5 Å². The Morgan fingerprint density at radius 3 is 2.67 bits per heavy atom. The topological polar surface area (TPSA) is 72.8 Å². The number of fused-ring (bicyclic) bond motifs is 1. The summed E-state index contributed by atoms with van der Waals surface area (Å²) in [5.41, 5.74) is 0.807. The van der Waals surface area contributed by atoms with Crippen LogP contribution in [0.3, 0.4) is 0 Å². The van der Waals surface area contributed by atoms with E-state index in [4.69, 9.17) is 9.47 Å². The fourth-order valence-electron chi connectivity index (χ4n) is 5.37. The van der Waals surface area contributed by atoms with E-state index >= 15 is 0 Å². The van der Waals surface area contributed by atoms with Crippen LogP contribution >= 0.6 is 11.3 Å². The molecule has 2 aliphatic heterocycles. The average molecular weight is 566 g/mol. The van der Waals surface area contributed by atoms with Gasteiger partial charge in [-0.1, -0.05) is 18.2 Å². The van der Waals surface area contributed by atoms with Crippen molar-refractivity contribution in [1.82, 2.24) is 9.47 Å². The molecule has 1 amide bonds. The fourth-order valence-corrected chi connectivity index (χ4v) is 6.60. The molecule has 2 saturated heterocycles. The summed E-state index contributed by atoms with van der Waals surface area (Å²) in [6.07, 6.45) is 4.30. The fraction of sp³-hybridized carbons (Fsp3) is 0.333. The van der Waals surface area contributed by atoms with Crippen molar-refractivity contribution < 1.29 is 23.0 Å². The number of nitrogens with zero attached hydrogens (tertiary/aromatic N) is 2. The maximum atomic E-state index is 14.7. The summed E-state index contributed by atoms with van der Waals surface area (Å²) < 4.78 is 41.7. The van der Waals surface area contributed by atoms with Crippen molar-refractivity contribution in [2.75, 3.05) is 25.1 Å². The molecule has 0 bridgehead atoms. The Morgan fingerprint density at radius 2 is 1.90 bits per heavy atom. The van der Waals surface area contributed by atoms with Crippen LogP contribution in [0.1, 0.15) is 41.8 Å². The number of rotatable bonds is 7. The molecule has 7 nitrogen and oxygen atoms in total. The van der Waals surface area contributed by atoms with E-state index in [0.29, 0.717) is 46.2 Å². The number of hydrogen-bond acceptors (Lipinski definition) is 6. The van der Waals surface area contributed by atoms with Gasteiger partial charge in [0.25, 0.3) is 11.5 Å². The lowest BCUT2D eigenvalue weighted by molar-refractivity contribution is -0.168. The zero-order valence-corrected chi connectivity index (χ0v) is 22.6. The van der Waals surface area contributed by atoms with E-state index in [0.717, 1.165) is 44.2 Å². The van der Waals surface area contributed by atoms with E-state index < -0.39 is 11.6 Å². The number of nitrogens with one attached hydrogen (secondary N) is 1. The van der Waals surface area contributed by atoms with Crippen LogP contribution < -0.4 is 10.9 Å². The molecular formula is C30H29F2N3O4S. The Morgan fingerprint density at radius 1 is 1.05 bits per heavy atom. The first kappa shape index (κ1) is 26.6. The van der Waals surface area contributed by atoms with Crippen LogP contribution in [0, 0.1) is 11.6 Å². The molecular weight excluding hydrogens is 536 g/mol. The van der Waals surface area contributed by atoms with Crippen LogP contribution in [-0.2, 0) is 9.47 Å². The highest BCUT2D eigenvalue weighted by atomic mass is 32.1. The quantitative estimate of drug-likeness (QED) is 0.288. The molecule has 0 radical (unpaired) electrons. The predicted molar refractivity (Wildman–Crippen MR) is 151 cm³/mol. The largest absolute Gasteiger partial charge is 0.353 e. The normalized spacial score (nSPS) is 19.3. The Balaban J connectivity index is 1.41. The molecule has 0 aliphatic carbocycles. The molecule has 0 spiro atoms. The lowest BCUT2D eigenvalue weighted by Crippen LogP contribution is -2.39. The van der Waals surface area contributed by atoms with E-state index in [1.165, 1.54) is 23.5 Å². The number of aromatic nitrogens is 1. The minimum absolute atomic E-state index is 0.0309. The highest BCUT2D eigenvalue weighted by Gasteiger charge is 2.34. The van der Waals surface area contributed by atoms with Crippen LogP contribution in [0.25, 0.3) is 15.9 Å². The number of carbonyl (C=O) groups is 1. The van der Waals surface area contributed by atoms with Crippen molar-refractivity contribution in [1.29, 1.82) is 0 Å². The smallest absolute Gasteiger partial charge is 0.266 e. The van der Waals surface area contributed by atoms with Crippen molar-refractivity contribution in [3.63, 3.8) is 0 Å². The first-order chi connectivity index (χ1) is 19.5. The molecule has 2 aromatic carbocycles. The molecule has 1 N–H and O–H groups in total. The SMILES string of the molecule is O=C(c1sc2c(ccc(=O)n2-c2ccccc2)c1Nc1ccc(F)cc1F)N1CCC[C@@H]1COC1CCCCO1. The molecule has 2 atom stereocenters. The number of thiophene rings is 1. The lowest BCUT2D eigenvalue weighted by atomic mass is 10.2. The zero-order chi connectivity index (χ0) is 27.6. The first-order valence-electron chi connectivity index (χ1n) is 13.5. The second-order valence-corrected chi connectivity index (χ2v) is 11.0. The summed E-state index contributed by atoms with van der Waals surface area (Å²) >= 11 is 1.18. The molecule has 4 heterocycles. The van der Waals surface area contributed by atoms with Crippen molar-refractivity contribution in [3.05, 3.63) is 87.5 Å². The van der Waals surface area contributed by atoms with Crippen molar-refractivity contribution in [2.45, 2.75) is 44.4 Å². The van der Waals surface area contributed by atoms with Crippen molar-refractivity contribution >= 4 is 38.8 Å². The number of carbonyl (C=O) groups excluding carboxylic acids is 1. The van der Waals surface area contributed by atoms with Gasteiger partial charge >= 0.3 is 0 Å². The first-order valence-corrected chi connectivity index (χ1v) is 14.3. The summed E-state index contributed by atoms with van der Waals surface area (Å²) in [6, 6.07) is 15.3. The van der Waals surface area contributed by atoms with E-state index in [-0.39, 0.29) is 29.5 Å². The van der Waals surface area contributed by atoms with Gasteiger partial charge in [0.15, 0.2) is 6.29 Å². The van der Waals surface area contributed by atoms with E-state index in [1.54, 1.807) is 15.5 Å². The summed E-state index contributed by atoms with van der Waals surface area (Å²) in [4.78, 5) is 29.9. The van der Waals surface area contributed by atoms with Gasteiger partial charge in [-0.05, 0) is 62.4 Å². The summed E-state index contributed by atoms with van der Waals surface area (Å²) in [5, 5.41) is 3.63. The zero-order valence-electron chi connectivity index (χ0n) is 21.8. The third-order valence-electron chi connectivity index (χ3n) is 7.39. The molecule has 4 aromatic rings. The minimum Gasteiger partial charge on any atom is -0.353 e. The summed E-state index contributed by atoms with van der Waals surface area (Å²) in [6.45, 7) is 1.60. The van der Waals surface area contributed by atoms with Gasteiger partial charge in [0.1, 0.15) is 21.3 Å². The lowest BCUT2D eigenvalue weighted by Gasteiger charge is -2.28. The number of para-hydroxylation sites is 1.